The quantitative estimate of drug-likeness (QED) is 0.792. The smallest absolute Gasteiger partial charge is 0.251 e. The van der Waals surface area contributed by atoms with E-state index in [9.17, 15) is 4.79 Å². The van der Waals surface area contributed by atoms with E-state index in [0.29, 0.717) is 26.3 Å². The Hall–Kier alpha value is -1.42. The van der Waals surface area contributed by atoms with E-state index in [4.69, 9.17) is 40.5 Å². The van der Waals surface area contributed by atoms with Crippen molar-refractivity contribution >= 4 is 46.4 Å². The van der Waals surface area contributed by atoms with E-state index >= 15 is 0 Å². The molecule has 2 aromatic carbocycles. The van der Waals surface area contributed by atoms with Crippen LogP contribution < -0.4 is 11.1 Å². The fourth-order valence-electron chi connectivity index (χ4n) is 1.88. The molecule has 6 heteroatoms. The van der Waals surface area contributed by atoms with Gasteiger partial charge >= 0.3 is 0 Å². The fraction of sp³-hybridized carbons (Fsp3) is 0.133. The summed E-state index contributed by atoms with van der Waals surface area (Å²) >= 11 is 17.9. The highest BCUT2D eigenvalue weighted by Crippen LogP contribution is 2.26. The number of amides is 1. The Bertz CT molecular complexity index is 689. The predicted molar refractivity (Wildman–Crippen MR) is 88.2 cm³/mol. The molecule has 2 rings (SSSR count). The molecule has 0 spiro atoms. The van der Waals surface area contributed by atoms with Crippen molar-refractivity contribution < 1.29 is 4.79 Å². The average Bonchev–Trinajstić information content (AvgIpc) is 2.41. The van der Waals surface area contributed by atoms with Gasteiger partial charge in [0, 0.05) is 15.6 Å². The summed E-state index contributed by atoms with van der Waals surface area (Å²) in [5.74, 6) is -0.254. The second kappa shape index (κ2) is 6.56. The molecule has 0 aliphatic rings. The number of nitrogen functional groups attached to an aromatic ring is 1. The zero-order valence-corrected chi connectivity index (χ0v) is 13.4. The normalized spacial score (nSPS) is 12.0. The summed E-state index contributed by atoms with van der Waals surface area (Å²) in [6.45, 7) is 1.84. The highest BCUT2D eigenvalue weighted by Gasteiger charge is 2.15. The van der Waals surface area contributed by atoms with E-state index in [1.165, 1.54) is 6.07 Å². The van der Waals surface area contributed by atoms with Crippen LogP contribution in [0.1, 0.15) is 28.9 Å². The van der Waals surface area contributed by atoms with Crippen LogP contribution in [0, 0.1) is 0 Å². The summed E-state index contributed by atoms with van der Waals surface area (Å²) in [4.78, 5) is 12.2. The van der Waals surface area contributed by atoms with Crippen LogP contribution in [0.25, 0.3) is 0 Å². The molecule has 2 aromatic rings. The van der Waals surface area contributed by atoms with Gasteiger partial charge in [0.15, 0.2) is 0 Å². The molecule has 21 heavy (non-hydrogen) atoms. The fourth-order valence-corrected chi connectivity index (χ4v) is 2.63. The lowest BCUT2D eigenvalue weighted by Crippen LogP contribution is -2.26. The van der Waals surface area contributed by atoms with Crippen molar-refractivity contribution in [2.45, 2.75) is 13.0 Å². The van der Waals surface area contributed by atoms with Crippen LogP contribution in [0.15, 0.2) is 36.4 Å². The molecular weight excluding hydrogens is 331 g/mol. The molecule has 0 saturated heterocycles. The lowest BCUT2D eigenvalue weighted by Gasteiger charge is -2.16. The summed E-state index contributed by atoms with van der Waals surface area (Å²) in [6.07, 6.45) is 0. The first kappa shape index (κ1) is 16.0. The SMILES string of the molecule is CC(NC(=O)c1ccc(N)c(Cl)c1)c1ccc(Cl)cc1Cl. The minimum Gasteiger partial charge on any atom is -0.398 e. The Morgan fingerprint density at radius 3 is 2.43 bits per heavy atom. The van der Waals surface area contributed by atoms with Crippen LogP contribution in [0.3, 0.4) is 0 Å². The summed E-state index contributed by atoms with van der Waals surface area (Å²) in [6, 6.07) is 9.63. The molecule has 3 nitrogen and oxygen atoms in total. The van der Waals surface area contributed by atoms with E-state index in [1.807, 2.05) is 6.92 Å². The number of nitrogens with one attached hydrogen (secondary N) is 1. The van der Waals surface area contributed by atoms with Gasteiger partial charge in [0.1, 0.15) is 0 Å². The maximum atomic E-state index is 12.2. The van der Waals surface area contributed by atoms with E-state index in [0.717, 1.165) is 5.56 Å². The van der Waals surface area contributed by atoms with E-state index in [-0.39, 0.29) is 11.9 Å². The lowest BCUT2D eigenvalue weighted by atomic mass is 10.1. The van der Waals surface area contributed by atoms with Crippen LogP contribution in [-0.4, -0.2) is 5.91 Å². The Kier molecular flexibility index (Phi) is 4.99. The molecule has 0 fully saturated rings. The molecule has 0 saturated carbocycles. The van der Waals surface area contributed by atoms with Gasteiger partial charge in [-0.3, -0.25) is 4.79 Å². The van der Waals surface area contributed by atoms with Crippen molar-refractivity contribution in [1.82, 2.24) is 5.32 Å². The molecule has 1 atom stereocenters. The van der Waals surface area contributed by atoms with Gasteiger partial charge in [-0.1, -0.05) is 40.9 Å². The Morgan fingerprint density at radius 2 is 1.81 bits per heavy atom. The van der Waals surface area contributed by atoms with Crippen molar-refractivity contribution in [1.29, 1.82) is 0 Å². The number of benzene rings is 2. The van der Waals surface area contributed by atoms with Crippen LogP contribution in [0.5, 0.6) is 0 Å². The van der Waals surface area contributed by atoms with Gasteiger partial charge in [-0.25, -0.2) is 0 Å². The standard InChI is InChI=1S/C15H13Cl3N2O/c1-8(11-4-3-10(16)7-12(11)17)20-15(21)9-2-5-14(19)13(18)6-9/h2-8H,19H2,1H3,(H,20,21). The Labute approximate surface area is 138 Å². The molecule has 3 N–H and O–H groups in total. The first-order chi connectivity index (χ1) is 9.88. The molecule has 0 heterocycles. The second-order valence-corrected chi connectivity index (χ2v) is 5.85. The van der Waals surface area contributed by atoms with E-state index in [2.05, 4.69) is 5.32 Å². The third-order valence-electron chi connectivity index (χ3n) is 3.04. The van der Waals surface area contributed by atoms with Gasteiger partial charge in [-0.15, -0.1) is 0 Å². The summed E-state index contributed by atoms with van der Waals surface area (Å²) in [5, 5.41) is 4.25. The number of halogens is 3. The largest absolute Gasteiger partial charge is 0.398 e. The number of hydrogen-bond donors (Lipinski definition) is 2. The van der Waals surface area contributed by atoms with E-state index < -0.39 is 0 Å². The first-order valence-electron chi connectivity index (χ1n) is 6.19. The van der Waals surface area contributed by atoms with Gasteiger partial charge in [-0.05, 0) is 42.8 Å². The Morgan fingerprint density at radius 1 is 1.10 bits per heavy atom. The zero-order valence-electron chi connectivity index (χ0n) is 11.2. The van der Waals surface area contributed by atoms with Gasteiger partial charge in [0.25, 0.3) is 5.91 Å². The topological polar surface area (TPSA) is 55.1 Å². The zero-order chi connectivity index (χ0) is 15.6. The van der Waals surface area contributed by atoms with Crippen LogP contribution in [-0.2, 0) is 0 Å². The molecule has 0 radical (unpaired) electrons. The summed E-state index contributed by atoms with van der Waals surface area (Å²) in [5.41, 5.74) is 7.28. The average molecular weight is 344 g/mol. The number of anilines is 1. The molecule has 0 bridgehead atoms. The number of rotatable bonds is 3. The minimum absolute atomic E-state index is 0.254. The van der Waals surface area contributed by atoms with Gasteiger partial charge in [0.05, 0.1) is 16.8 Å². The molecule has 0 aliphatic carbocycles. The third kappa shape index (κ3) is 3.82. The van der Waals surface area contributed by atoms with Crippen molar-refractivity contribution in [3.8, 4) is 0 Å². The summed E-state index contributed by atoms with van der Waals surface area (Å²) < 4.78 is 0. The molecule has 1 amide bonds. The number of carbonyl (C=O) groups is 1. The maximum Gasteiger partial charge on any atom is 0.251 e. The van der Waals surface area contributed by atoms with Crippen LogP contribution >= 0.6 is 34.8 Å². The number of hydrogen-bond acceptors (Lipinski definition) is 2. The second-order valence-electron chi connectivity index (χ2n) is 4.60. The van der Waals surface area contributed by atoms with Crippen molar-refractivity contribution in [3.63, 3.8) is 0 Å². The minimum atomic E-state index is -0.265. The van der Waals surface area contributed by atoms with Gasteiger partial charge in [-0.2, -0.15) is 0 Å². The lowest BCUT2D eigenvalue weighted by molar-refractivity contribution is 0.0940. The Balaban J connectivity index is 2.16. The van der Waals surface area contributed by atoms with Gasteiger partial charge in [0.2, 0.25) is 0 Å². The molecule has 0 aliphatic heterocycles. The van der Waals surface area contributed by atoms with Gasteiger partial charge < -0.3 is 11.1 Å². The number of nitrogens with two attached hydrogens (primary N) is 1. The molecule has 110 valence electrons. The first-order valence-corrected chi connectivity index (χ1v) is 7.32. The monoisotopic (exact) mass is 342 g/mol. The maximum absolute atomic E-state index is 12.2. The highest BCUT2D eigenvalue weighted by atomic mass is 35.5. The van der Waals surface area contributed by atoms with Crippen LogP contribution in [0.2, 0.25) is 15.1 Å². The van der Waals surface area contributed by atoms with E-state index in [1.54, 1.807) is 30.3 Å². The third-order valence-corrected chi connectivity index (χ3v) is 3.93. The molecule has 0 aromatic heterocycles. The number of carbonyl (C=O) groups excluding carboxylic acids is 1. The van der Waals surface area contributed by atoms with Crippen molar-refractivity contribution in [2.75, 3.05) is 5.73 Å². The molecular formula is C15H13Cl3N2O. The van der Waals surface area contributed by atoms with Crippen molar-refractivity contribution in [2.24, 2.45) is 0 Å². The van der Waals surface area contributed by atoms with Crippen LogP contribution in [0.4, 0.5) is 5.69 Å². The predicted octanol–water partition coefficient (Wildman–Crippen LogP) is 4.72. The highest BCUT2D eigenvalue weighted by molar-refractivity contribution is 6.35. The van der Waals surface area contributed by atoms with Crippen molar-refractivity contribution in [3.05, 3.63) is 62.6 Å². The molecule has 1 unspecified atom stereocenters. The summed E-state index contributed by atoms with van der Waals surface area (Å²) in [7, 11) is 0.